The van der Waals surface area contributed by atoms with Gasteiger partial charge in [-0.1, -0.05) is 32.0 Å². The molecule has 0 atom stereocenters. The number of aliphatic imine (C=N–C) groups is 1. The van der Waals surface area contributed by atoms with E-state index in [4.69, 9.17) is 4.52 Å². The molecule has 0 aromatic carbocycles. The first-order valence-electron chi connectivity index (χ1n) is 7.66. The quantitative estimate of drug-likeness (QED) is 0.418. The highest BCUT2D eigenvalue weighted by atomic mass is 127. The van der Waals surface area contributed by atoms with Gasteiger partial charge in [0.05, 0.1) is 6.54 Å². The Morgan fingerprint density at radius 2 is 2.04 bits per heavy atom. The Balaban J connectivity index is 0.00000288. The highest BCUT2D eigenvalue weighted by molar-refractivity contribution is 14.0. The van der Waals surface area contributed by atoms with Crippen LogP contribution in [0.5, 0.6) is 0 Å². The van der Waals surface area contributed by atoms with E-state index in [1.807, 2.05) is 39.0 Å². The predicted molar refractivity (Wildman–Crippen MR) is 105 cm³/mol. The molecule has 0 saturated heterocycles. The standard InChI is InChI=1S/C16H24N6O.HI/c1-16(2,3)14-21-13(22-23-14)11-20-15(17-4)19-10-8-12-7-5-6-9-18-12;/h5-7,9H,8,10-11H2,1-4H3,(H2,17,19,20);1H. The van der Waals surface area contributed by atoms with Gasteiger partial charge in [-0.05, 0) is 12.1 Å². The summed E-state index contributed by atoms with van der Waals surface area (Å²) in [5.74, 6) is 1.94. The van der Waals surface area contributed by atoms with Gasteiger partial charge in [-0.25, -0.2) is 0 Å². The first-order chi connectivity index (χ1) is 11.0. The third kappa shape index (κ3) is 6.42. The molecule has 0 radical (unpaired) electrons. The van der Waals surface area contributed by atoms with Gasteiger partial charge in [-0.15, -0.1) is 24.0 Å². The summed E-state index contributed by atoms with van der Waals surface area (Å²) >= 11 is 0. The van der Waals surface area contributed by atoms with Crippen molar-refractivity contribution in [1.82, 2.24) is 25.8 Å². The van der Waals surface area contributed by atoms with Crippen LogP contribution in [0.25, 0.3) is 0 Å². The number of pyridine rings is 1. The molecule has 132 valence electrons. The highest BCUT2D eigenvalue weighted by Gasteiger charge is 2.21. The first-order valence-corrected chi connectivity index (χ1v) is 7.66. The second-order valence-corrected chi connectivity index (χ2v) is 6.19. The summed E-state index contributed by atoms with van der Waals surface area (Å²) in [7, 11) is 1.73. The van der Waals surface area contributed by atoms with Crippen LogP contribution in [0.15, 0.2) is 33.9 Å². The Labute approximate surface area is 159 Å². The van der Waals surface area contributed by atoms with Crippen LogP contribution >= 0.6 is 24.0 Å². The Morgan fingerprint density at radius 1 is 1.25 bits per heavy atom. The zero-order chi connectivity index (χ0) is 16.7. The molecule has 2 aromatic heterocycles. The van der Waals surface area contributed by atoms with Crippen molar-refractivity contribution < 1.29 is 4.52 Å². The maximum atomic E-state index is 5.26. The van der Waals surface area contributed by atoms with E-state index < -0.39 is 0 Å². The van der Waals surface area contributed by atoms with Crippen molar-refractivity contribution in [3.63, 3.8) is 0 Å². The molecule has 0 spiro atoms. The van der Waals surface area contributed by atoms with Crippen LogP contribution in [-0.2, 0) is 18.4 Å². The Bertz CT molecular complexity index is 636. The van der Waals surface area contributed by atoms with Gasteiger partial charge in [0, 0.05) is 37.3 Å². The van der Waals surface area contributed by atoms with Gasteiger partial charge in [0.15, 0.2) is 11.8 Å². The minimum Gasteiger partial charge on any atom is -0.356 e. The topological polar surface area (TPSA) is 88.2 Å². The van der Waals surface area contributed by atoms with Gasteiger partial charge >= 0.3 is 0 Å². The molecule has 2 N–H and O–H groups in total. The maximum absolute atomic E-state index is 5.26. The molecule has 0 aliphatic rings. The lowest BCUT2D eigenvalue weighted by Gasteiger charge is -2.11. The summed E-state index contributed by atoms with van der Waals surface area (Å²) in [5, 5.41) is 10.4. The predicted octanol–water partition coefficient (Wildman–Crippen LogP) is 2.29. The molecule has 7 nitrogen and oxygen atoms in total. The summed E-state index contributed by atoms with van der Waals surface area (Å²) in [5.41, 5.74) is 0.900. The second-order valence-electron chi connectivity index (χ2n) is 6.19. The van der Waals surface area contributed by atoms with Gasteiger partial charge in [0.25, 0.3) is 0 Å². The molecule has 24 heavy (non-hydrogen) atoms. The fraction of sp³-hybridized carbons (Fsp3) is 0.500. The lowest BCUT2D eigenvalue weighted by atomic mass is 9.97. The molecule has 2 aromatic rings. The molecule has 0 fully saturated rings. The molecular weight excluding hydrogens is 419 g/mol. The number of hydrogen-bond donors (Lipinski definition) is 2. The van der Waals surface area contributed by atoms with E-state index >= 15 is 0 Å². The summed E-state index contributed by atoms with van der Waals surface area (Å²) < 4.78 is 5.26. The average Bonchev–Trinajstić information content (AvgIpc) is 3.01. The van der Waals surface area contributed by atoms with Gasteiger partial charge in [0.1, 0.15) is 0 Å². The van der Waals surface area contributed by atoms with E-state index in [2.05, 4.69) is 30.8 Å². The van der Waals surface area contributed by atoms with Crippen LogP contribution in [0, 0.1) is 0 Å². The lowest BCUT2D eigenvalue weighted by Crippen LogP contribution is -2.38. The van der Waals surface area contributed by atoms with E-state index in [-0.39, 0.29) is 29.4 Å². The number of hydrogen-bond acceptors (Lipinski definition) is 5. The van der Waals surface area contributed by atoms with E-state index in [0.29, 0.717) is 24.2 Å². The maximum Gasteiger partial charge on any atom is 0.232 e. The normalized spacial score (nSPS) is 11.8. The van der Waals surface area contributed by atoms with Crippen molar-refractivity contribution in [3.8, 4) is 0 Å². The van der Waals surface area contributed by atoms with Gasteiger partial charge < -0.3 is 15.2 Å². The van der Waals surface area contributed by atoms with Crippen molar-refractivity contribution >= 4 is 29.9 Å². The number of guanidine groups is 1. The van der Waals surface area contributed by atoms with E-state index in [1.54, 1.807) is 13.2 Å². The number of nitrogens with zero attached hydrogens (tertiary/aromatic N) is 4. The Morgan fingerprint density at radius 3 is 2.62 bits per heavy atom. The summed E-state index contributed by atoms with van der Waals surface area (Å²) in [6.07, 6.45) is 2.63. The average molecular weight is 444 g/mol. The van der Waals surface area contributed by atoms with Crippen LogP contribution in [0.1, 0.15) is 38.2 Å². The van der Waals surface area contributed by atoms with Crippen molar-refractivity contribution in [1.29, 1.82) is 0 Å². The highest BCUT2D eigenvalue weighted by Crippen LogP contribution is 2.19. The van der Waals surface area contributed by atoms with E-state index in [9.17, 15) is 0 Å². The molecule has 2 rings (SSSR count). The number of aromatic nitrogens is 3. The number of rotatable bonds is 5. The largest absolute Gasteiger partial charge is 0.356 e. The molecule has 0 aliphatic carbocycles. The van der Waals surface area contributed by atoms with Gasteiger partial charge in [0.2, 0.25) is 5.89 Å². The molecule has 0 bridgehead atoms. The fourth-order valence-corrected chi connectivity index (χ4v) is 1.87. The zero-order valence-electron chi connectivity index (χ0n) is 14.5. The van der Waals surface area contributed by atoms with E-state index in [0.717, 1.165) is 18.7 Å². The fourth-order valence-electron chi connectivity index (χ4n) is 1.87. The molecule has 0 aliphatic heterocycles. The van der Waals surface area contributed by atoms with Gasteiger partial charge in [-0.3, -0.25) is 9.98 Å². The Hall–Kier alpha value is -1.71. The number of nitrogens with one attached hydrogen (secondary N) is 2. The van der Waals surface area contributed by atoms with Crippen molar-refractivity contribution in [2.75, 3.05) is 13.6 Å². The molecule has 0 saturated carbocycles. The molecule has 8 heteroatoms. The molecular formula is C16H25IN6O. The van der Waals surface area contributed by atoms with Crippen LogP contribution in [-0.4, -0.2) is 34.7 Å². The van der Waals surface area contributed by atoms with Crippen molar-refractivity contribution in [3.05, 3.63) is 41.8 Å². The SMILES string of the molecule is CN=C(NCCc1ccccn1)NCc1noc(C(C)(C)C)n1.I. The van der Waals surface area contributed by atoms with Crippen molar-refractivity contribution in [2.45, 2.75) is 39.2 Å². The van der Waals surface area contributed by atoms with Crippen LogP contribution < -0.4 is 10.6 Å². The van der Waals surface area contributed by atoms with Gasteiger partial charge in [-0.2, -0.15) is 4.98 Å². The minimum absolute atomic E-state index is 0. The Kier molecular flexibility index (Phi) is 8.09. The molecule has 2 heterocycles. The summed E-state index contributed by atoms with van der Waals surface area (Å²) in [4.78, 5) is 12.8. The van der Waals surface area contributed by atoms with Crippen LogP contribution in [0.4, 0.5) is 0 Å². The molecule has 0 amide bonds. The minimum atomic E-state index is -0.145. The number of halogens is 1. The first kappa shape index (κ1) is 20.3. The zero-order valence-corrected chi connectivity index (χ0v) is 16.9. The monoisotopic (exact) mass is 444 g/mol. The lowest BCUT2D eigenvalue weighted by molar-refractivity contribution is 0.318. The van der Waals surface area contributed by atoms with Crippen LogP contribution in [0.2, 0.25) is 0 Å². The van der Waals surface area contributed by atoms with Crippen LogP contribution in [0.3, 0.4) is 0 Å². The molecule has 0 unspecified atom stereocenters. The smallest absolute Gasteiger partial charge is 0.232 e. The summed E-state index contributed by atoms with van der Waals surface area (Å²) in [6.45, 7) is 7.32. The third-order valence-electron chi connectivity index (χ3n) is 3.15. The second kappa shape index (κ2) is 9.55. The third-order valence-corrected chi connectivity index (χ3v) is 3.15. The van der Waals surface area contributed by atoms with Crippen molar-refractivity contribution in [2.24, 2.45) is 4.99 Å². The summed E-state index contributed by atoms with van der Waals surface area (Å²) in [6, 6.07) is 5.90. The van der Waals surface area contributed by atoms with E-state index in [1.165, 1.54) is 0 Å².